The van der Waals surface area contributed by atoms with Crippen molar-refractivity contribution in [3.8, 4) is 5.75 Å². The number of thioether (sulfide) groups is 1. The van der Waals surface area contributed by atoms with Gasteiger partial charge in [-0.1, -0.05) is 11.8 Å². The molecule has 1 N–H and O–H groups in total. The summed E-state index contributed by atoms with van der Waals surface area (Å²) in [5.41, 5.74) is 1.42. The van der Waals surface area contributed by atoms with Crippen LogP contribution in [0, 0.1) is 5.92 Å². The van der Waals surface area contributed by atoms with Crippen LogP contribution in [0.2, 0.25) is 0 Å². The molecule has 1 atom stereocenters. The third-order valence-electron chi connectivity index (χ3n) is 3.71. The van der Waals surface area contributed by atoms with E-state index in [1.165, 1.54) is 11.8 Å². The van der Waals surface area contributed by atoms with Crippen LogP contribution in [-0.4, -0.2) is 35.5 Å². The molecule has 1 aromatic heterocycles. The van der Waals surface area contributed by atoms with E-state index in [4.69, 9.17) is 9.47 Å². The maximum absolute atomic E-state index is 12.7. The minimum Gasteiger partial charge on any atom is -0.497 e. The minimum atomic E-state index is -1.02. The number of hydrogen-bond donors (Lipinski definition) is 1. The molecular weight excluding hydrogens is 352 g/mol. The third kappa shape index (κ3) is 3.88. The van der Waals surface area contributed by atoms with Gasteiger partial charge in [0.15, 0.2) is 11.7 Å². The molecule has 2 aromatic rings. The molecule has 0 radical (unpaired) electrons. The first-order valence-electron chi connectivity index (χ1n) is 8.08. The smallest absolute Gasteiger partial charge is 0.323 e. The standard InChI is InChI=1S/C19H18N2O4S/c1-3-25-19(23)16-17(22)15(11-13-5-4-10-20-13)26-18(16)21-12-6-8-14(24-2)9-7-12/h4-11,16,20H,3H2,1-2H3/b15-11-,21-18?. The monoisotopic (exact) mass is 370 g/mol. The van der Waals surface area contributed by atoms with E-state index in [0.29, 0.717) is 21.4 Å². The van der Waals surface area contributed by atoms with Crippen molar-refractivity contribution in [3.63, 3.8) is 0 Å². The molecule has 1 aliphatic rings. The first-order valence-corrected chi connectivity index (χ1v) is 8.90. The number of aromatic nitrogens is 1. The lowest BCUT2D eigenvalue weighted by atomic mass is 10.1. The second-order valence-electron chi connectivity index (χ2n) is 5.43. The third-order valence-corrected chi connectivity index (χ3v) is 4.78. The molecule has 0 aliphatic carbocycles. The Bertz CT molecular complexity index is 854. The number of hydrogen-bond acceptors (Lipinski definition) is 6. The molecule has 0 saturated carbocycles. The number of esters is 1. The molecule has 1 unspecified atom stereocenters. The Kier molecular flexibility index (Phi) is 5.58. The van der Waals surface area contributed by atoms with Crippen LogP contribution < -0.4 is 4.74 Å². The highest BCUT2D eigenvalue weighted by Gasteiger charge is 2.42. The number of rotatable bonds is 5. The molecular formula is C19H18N2O4S. The van der Waals surface area contributed by atoms with Crippen molar-refractivity contribution >= 4 is 40.3 Å². The molecule has 1 aliphatic heterocycles. The number of allylic oxidation sites excluding steroid dienone is 1. The molecule has 7 heteroatoms. The van der Waals surface area contributed by atoms with Crippen LogP contribution in [0.5, 0.6) is 5.75 Å². The van der Waals surface area contributed by atoms with Gasteiger partial charge >= 0.3 is 5.97 Å². The number of carbonyl (C=O) groups is 2. The van der Waals surface area contributed by atoms with Crippen LogP contribution in [-0.2, 0) is 14.3 Å². The summed E-state index contributed by atoms with van der Waals surface area (Å²) >= 11 is 1.19. The molecule has 134 valence electrons. The number of nitrogens with zero attached hydrogens (tertiary/aromatic N) is 1. The Morgan fingerprint density at radius 3 is 2.69 bits per heavy atom. The zero-order chi connectivity index (χ0) is 18.5. The maximum Gasteiger partial charge on any atom is 0.323 e. The van der Waals surface area contributed by atoms with Gasteiger partial charge in [-0.15, -0.1) is 0 Å². The number of benzene rings is 1. The zero-order valence-electron chi connectivity index (χ0n) is 14.4. The molecule has 2 heterocycles. The normalized spacial score (nSPS) is 19.9. The van der Waals surface area contributed by atoms with E-state index in [9.17, 15) is 9.59 Å². The summed E-state index contributed by atoms with van der Waals surface area (Å²) in [7, 11) is 1.58. The first kappa shape index (κ1) is 18.0. The Labute approximate surface area is 155 Å². The second kappa shape index (κ2) is 8.05. The highest BCUT2D eigenvalue weighted by atomic mass is 32.2. The molecule has 1 saturated heterocycles. The van der Waals surface area contributed by atoms with Gasteiger partial charge in [-0.05, 0) is 49.4 Å². The summed E-state index contributed by atoms with van der Waals surface area (Å²) in [5.74, 6) is -1.19. The molecule has 26 heavy (non-hydrogen) atoms. The van der Waals surface area contributed by atoms with Crippen LogP contribution in [0.4, 0.5) is 5.69 Å². The van der Waals surface area contributed by atoms with Gasteiger partial charge in [0.25, 0.3) is 0 Å². The van der Waals surface area contributed by atoms with Gasteiger partial charge < -0.3 is 14.5 Å². The van der Waals surface area contributed by atoms with E-state index >= 15 is 0 Å². The average Bonchev–Trinajstić information content (AvgIpc) is 3.25. The summed E-state index contributed by atoms with van der Waals surface area (Å²) in [6.45, 7) is 1.92. The Hall–Kier alpha value is -2.80. The minimum absolute atomic E-state index is 0.207. The molecule has 0 bridgehead atoms. The van der Waals surface area contributed by atoms with E-state index in [1.807, 2.05) is 12.1 Å². The van der Waals surface area contributed by atoms with Gasteiger partial charge in [-0.25, -0.2) is 4.99 Å². The molecule has 6 nitrogen and oxygen atoms in total. The average molecular weight is 370 g/mol. The summed E-state index contributed by atoms with van der Waals surface area (Å²) in [6.07, 6.45) is 3.49. The van der Waals surface area contributed by atoms with Crippen LogP contribution in [0.25, 0.3) is 6.08 Å². The van der Waals surface area contributed by atoms with Gasteiger partial charge in [0.2, 0.25) is 0 Å². The van der Waals surface area contributed by atoms with Crippen molar-refractivity contribution in [2.24, 2.45) is 10.9 Å². The topological polar surface area (TPSA) is 80.8 Å². The number of carbonyl (C=O) groups excluding carboxylic acids is 2. The lowest BCUT2D eigenvalue weighted by Gasteiger charge is -2.07. The van der Waals surface area contributed by atoms with Gasteiger partial charge in [-0.3, -0.25) is 9.59 Å². The van der Waals surface area contributed by atoms with Crippen molar-refractivity contribution in [3.05, 3.63) is 53.2 Å². The predicted molar refractivity (Wildman–Crippen MR) is 102 cm³/mol. The lowest BCUT2D eigenvalue weighted by Crippen LogP contribution is -2.27. The van der Waals surface area contributed by atoms with E-state index in [-0.39, 0.29) is 12.4 Å². The highest BCUT2D eigenvalue weighted by molar-refractivity contribution is 8.19. The van der Waals surface area contributed by atoms with Crippen LogP contribution in [0.1, 0.15) is 12.6 Å². The maximum atomic E-state index is 12.7. The van der Waals surface area contributed by atoms with Crippen molar-refractivity contribution in [2.45, 2.75) is 6.92 Å². The number of ether oxygens (including phenoxy) is 2. The molecule has 0 spiro atoms. The quantitative estimate of drug-likeness (QED) is 0.494. The van der Waals surface area contributed by atoms with E-state index in [1.54, 1.807) is 50.6 Å². The van der Waals surface area contributed by atoms with Crippen molar-refractivity contribution in [2.75, 3.05) is 13.7 Å². The largest absolute Gasteiger partial charge is 0.497 e. The summed E-state index contributed by atoms with van der Waals surface area (Å²) < 4.78 is 10.2. The Balaban J connectivity index is 1.95. The fourth-order valence-electron chi connectivity index (χ4n) is 2.46. The summed E-state index contributed by atoms with van der Waals surface area (Å²) in [5, 5.41) is 0.413. The highest BCUT2D eigenvalue weighted by Crippen LogP contribution is 2.38. The first-order chi connectivity index (χ1) is 12.6. The number of aliphatic imine (C=N–C) groups is 1. The molecule has 3 rings (SSSR count). The van der Waals surface area contributed by atoms with Crippen molar-refractivity contribution in [1.29, 1.82) is 0 Å². The Morgan fingerprint density at radius 1 is 1.31 bits per heavy atom. The zero-order valence-corrected chi connectivity index (χ0v) is 15.2. The summed E-state index contributed by atoms with van der Waals surface area (Å²) in [6, 6.07) is 10.8. The van der Waals surface area contributed by atoms with E-state index < -0.39 is 11.9 Å². The molecule has 0 amide bonds. The Morgan fingerprint density at radius 2 is 2.08 bits per heavy atom. The van der Waals surface area contributed by atoms with Gasteiger partial charge in [0.05, 0.1) is 24.3 Å². The predicted octanol–water partition coefficient (Wildman–Crippen LogP) is 3.59. The van der Waals surface area contributed by atoms with Crippen molar-refractivity contribution < 1.29 is 19.1 Å². The fraction of sp³-hybridized carbons (Fsp3) is 0.211. The van der Waals surface area contributed by atoms with E-state index in [2.05, 4.69) is 9.98 Å². The van der Waals surface area contributed by atoms with Crippen LogP contribution >= 0.6 is 11.8 Å². The van der Waals surface area contributed by atoms with Gasteiger partial charge in [0, 0.05) is 11.9 Å². The van der Waals surface area contributed by atoms with Gasteiger partial charge in [-0.2, -0.15) is 0 Å². The number of H-pyrrole nitrogens is 1. The lowest BCUT2D eigenvalue weighted by molar-refractivity contribution is -0.147. The van der Waals surface area contributed by atoms with Crippen LogP contribution in [0.15, 0.2) is 52.5 Å². The number of Topliss-reactive ketones (excluding diaryl/α,β-unsaturated/α-hetero) is 1. The summed E-state index contributed by atoms with van der Waals surface area (Å²) in [4.78, 5) is 33.0. The van der Waals surface area contributed by atoms with Crippen molar-refractivity contribution in [1.82, 2.24) is 4.98 Å². The van der Waals surface area contributed by atoms with E-state index in [0.717, 1.165) is 5.69 Å². The molecule has 1 aromatic carbocycles. The SMILES string of the molecule is CCOC(=O)C1C(=O)/C(=C/c2ccc[nH]2)SC1=Nc1ccc(OC)cc1. The fourth-order valence-corrected chi connectivity index (χ4v) is 3.56. The number of aromatic amines is 1. The molecule has 1 fully saturated rings. The number of methoxy groups -OCH3 is 1. The number of ketones is 1. The van der Waals surface area contributed by atoms with Crippen LogP contribution in [0.3, 0.4) is 0 Å². The van der Waals surface area contributed by atoms with Gasteiger partial charge in [0.1, 0.15) is 10.8 Å². The number of nitrogens with one attached hydrogen (secondary N) is 1. The second-order valence-corrected chi connectivity index (χ2v) is 6.50.